The van der Waals surface area contributed by atoms with Crippen molar-refractivity contribution in [1.29, 1.82) is 0 Å². The predicted molar refractivity (Wildman–Crippen MR) is 55.6 cm³/mol. The van der Waals surface area contributed by atoms with Crippen LogP contribution in [0.25, 0.3) is 10.8 Å². The van der Waals surface area contributed by atoms with Gasteiger partial charge in [-0.15, -0.1) is 0 Å². The van der Waals surface area contributed by atoms with Crippen molar-refractivity contribution in [3.8, 4) is 0 Å². The first-order valence-corrected chi connectivity index (χ1v) is 4.39. The van der Waals surface area contributed by atoms with Crippen LogP contribution < -0.4 is 0 Å². The van der Waals surface area contributed by atoms with E-state index in [4.69, 9.17) is 11.6 Å². The Morgan fingerprint density at radius 1 is 1.21 bits per heavy atom. The Morgan fingerprint density at radius 3 is 2.64 bits per heavy atom. The zero-order valence-electron chi connectivity index (χ0n) is 7.11. The van der Waals surface area contributed by atoms with E-state index < -0.39 is 4.92 Å². The third-order valence-corrected chi connectivity index (χ3v) is 2.32. The quantitative estimate of drug-likeness (QED) is 0.531. The fourth-order valence-corrected chi connectivity index (χ4v) is 1.64. The molecule has 0 saturated heterocycles. The van der Waals surface area contributed by atoms with Gasteiger partial charge in [-0.2, -0.15) is 0 Å². The maximum Gasteiger partial charge on any atom is 0.271 e. The molecule has 2 aromatic rings. The molecule has 0 radical (unpaired) electrons. The molecule has 0 heterocycles. The van der Waals surface area contributed by atoms with Crippen LogP contribution in [-0.4, -0.2) is 4.92 Å². The number of halogens is 1. The Morgan fingerprint density at radius 2 is 1.93 bits per heavy atom. The molecular formula is C10H6ClNO2. The van der Waals surface area contributed by atoms with Crippen molar-refractivity contribution in [3.05, 3.63) is 51.5 Å². The summed E-state index contributed by atoms with van der Waals surface area (Å²) in [6.45, 7) is 0. The van der Waals surface area contributed by atoms with E-state index in [1.165, 1.54) is 12.1 Å². The van der Waals surface area contributed by atoms with E-state index in [2.05, 4.69) is 0 Å². The molecular weight excluding hydrogens is 202 g/mol. The maximum atomic E-state index is 10.5. The summed E-state index contributed by atoms with van der Waals surface area (Å²) in [4.78, 5) is 10.1. The Bertz CT molecular complexity index is 510. The van der Waals surface area contributed by atoms with Crippen LogP contribution in [0.5, 0.6) is 0 Å². The summed E-state index contributed by atoms with van der Waals surface area (Å²) in [5.41, 5.74) is 0.0219. The smallest absolute Gasteiger partial charge is 0.258 e. The molecule has 0 fully saturated rings. The van der Waals surface area contributed by atoms with Gasteiger partial charge in [0.25, 0.3) is 5.69 Å². The number of benzene rings is 2. The monoisotopic (exact) mass is 207 g/mol. The number of nitro benzene ring substituents is 1. The van der Waals surface area contributed by atoms with Gasteiger partial charge in [0.1, 0.15) is 0 Å². The molecule has 2 rings (SSSR count). The van der Waals surface area contributed by atoms with E-state index in [9.17, 15) is 10.1 Å². The molecule has 0 bridgehead atoms. The van der Waals surface area contributed by atoms with Crippen LogP contribution in [-0.2, 0) is 0 Å². The van der Waals surface area contributed by atoms with Crippen LogP contribution in [0.2, 0.25) is 5.02 Å². The minimum absolute atomic E-state index is 0.0219. The van der Waals surface area contributed by atoms with Crippen molar-refractivity contribution in [2.75, 3.05) is 0 Å². The third-order valence-electron chi connectivity index (χ3n) is 2.01. The highest BCUT2D eigenvalue weighted by Gasteiger charge is 2.09. The lowest BCUT2D eigenvalue weighted by molar-refractivity contribution is -0.384. The summed E-state index contributed by atoms with van der Waals surface area (Å²) < 4.78 is 0. The van der Waals surface area contributed by atoms with Gasteiger partial charge in [-0.05, 0) is 5.39 Å². The molecule has 0 aliphatic heterocycles. The van der Waals surface area contributed by atoms with Crippen molar-refractivity contribution in [2.45, 2.75) is 0 Å². The molecule has 2 aromatic carbocycles. The largest absolute Gasteiger partial charge is 0.271 e. The van der Waals surface area contributed by atoms with Gasteiger partial charge in [-0.1, -0.05) is 35.9 Å². The first-order chi connectivity index (χ1) is 6.68. The van der Waals surface area contributed by atoms with Crippen LogP contribution in [0, 0.1) is 10.1 Å². The average Bonchev–Trinajstić information content (AvgIpc) is 2.17. The number of nitro groups is 1. The van der Waals surface area contributed by atoms with Gasteiger partial charge in [0.05, 0.1) is 9.95 Å². The molecule has 4 heteroatoms. The summed E-state index contributed by atoms with van der Waals surface area (Å²) in [5.74, 6) is 0. The Kier molecular flexibility index (Phi) is 2.09. The summed E-state index contributed by atoms with van der Waals surface area (Å²) in [5, 5.41) is 12.6. The van der Waals surface area contributed by atoms with Gasteiger partial charge in [0, 0.05) is 17.5 Å². The van der Waals surface area contributed by atoms with Gasteiger partial charge >= 0.3 is 0 Å². The first-order valence-electron chi connectivity index (χ1n) is 4.01. The normalized spacial score (nSPS) is 10.4. The lowest BCUT2D eigenvalue weighted by Gasteiger charge is -1.99. The highest BCUT2D eigenvalue weighted by molar-refractivity contribution is 6.35. The summed E-state index contributed by atoms with van der Waals surface area (Å²) in [6.07, 6.45) is 0. The van der Waals surface area contributed by atoms with Crippen LogP contribution in [0.1, 0.15) is 0 Å². The fourth-order valence-electron chi connectivity index (χ4n) is 1.35. The van der Waals surface area contributed by atoms with Crippen LogP contribution >= 0.6 is 11.6 Å². The second kappa shape index (κ2) is 3.27. The second-order valence-electron chi connectivity index (χ2n) is 2.91. The van der Waals surface area contributed by atoms with Crippen molar-refractivity contribution in [1.82, 2.24) is 0 Å². The Hall–Kier alpha value is -1.61. The summed E-state index contributed by atoms with van der Waals surface area (Å²) in [6, 6.07) is 10.2. The van der Waals surface area contributed by atoms with E-state index >= 15 is 0 Å². The van der Waals surface area contributed by atoms with Gasteiger partial charge in [0.2, 0.25) is 0 Å². The van der Waals surface area contributed by atoms with E-state index in [1.54, 1.807) is 6.07 Å². The van der Waals surface area contributed by atoms with E-state index in [0.29, 0.717) is 5.02 Å². The molecule has 14 heavy (non-hydrogen) atoms. The number of non-ortho nitro benzene ring substituents is 1. The SMILES string of the molecule is O=[N+]([O-])c1cc(Cl)c2ccccc2c1. The molecule has 3 nitrogen and oxygen atoms in total. The topological polar surface area (TPSA) is 43.1 Å². The molecule has 0 aromatic heterocycles. The average molecular weight is 208 g/mol. The van der Waals surface area contributed by atoms with Crippen molar-refractivity contribution < 1.29 is 4.92 Å². The molecule has 0 aliphatic carbocycles. The summed E-state index contributed by atoms with van der Waals surface area (Å²) in [7, 11) is 0. The minimum Gasteiger partial charge on any atom is -0.258 e. The summed E-state index contributed by atoms with van der Waals surface area (Å²) >= 11 is 5.90. The number of hydrogen-bond donors (Lipinski definition) is 0. The number of hydrogen-bond acceptors (Lipinski definition) is 2. The fraction of sp³-hybridized carbons (Fsp3) is 0. The molecule has 0 aliphatic rings. The number of rotatable bonds is 1. The van der Waals surface area contributed by atoms with Crippen molar-refractivity contribution in [3.63, 3.8) is 0 Å². The van der Waals surface area contributed by atoms with Crippen LogP contribution in [0.3, 0.4) is 0 Å². The van der Waals surface area contributed by atoms with Gasteiger partial charge in [-0.3, -0.25) is 10.1 Å². The molecule has 0 unspecified atom stereocenters. The minimum atomic E-state index is -0.446. The second-order valence-corrected chi connectivity index (χ2v) is 3.31. The molecule has 0 N–H and O–H groups in total. The number of nitrogens with zero attached hydrogens (tertiary/aromatic N) is 1. The van der Waals surface area contributed by atoms with Gasteiger partial charge in [-0.25, -0.2) is 0 Å². The van der Waals surface area contributed by atoms with E-state index in [1.807, 2.05) is 18.2 Å². The predicted octanol–water partition coefficient (Wildman–Crippen LogP) is 3.40. The molecule has 0 atom stereocenters. The molecule has 0 saturated carbocycles. The van der Waals surface area contributed by atoms with Gasteiger partial charge in [0.15, 0.2) is 0 Å². The molecule has 0 amide bonds. The van der Waals surface area contributed by atoms with Crippen LogP contribution in [0.15, 0.2) is 36.4 Å². The van der Waals surface area contributed by atoms with Crippen LogP contribution in [0.4, 0.5) is 5.69 Å². The lowest BCUT2D eigenvalue weighted by Crippen LogP contribution is -1.87. The first kappa shape index (κ1) is 8.97. The van der Waals surface area contributed by atoms with Crippen molar-refractivity contribution >= 4 is 28.1 Å². The highest BCUT2D eigenvalue weighted by atomic mass is 35.5. The van der Waals surface area contributed by atoms with E-state index in [0.717, 1.165) is 10.8 Å². The highest BCUT2D eigenvalue weighted by Crippen LogP contribution is 2.28. The zero-order chi connectivity index (χ0) is 10.1. The van der Waals surface area contributed by atoms with Gasteiger partial charge < -0.3 is 0 Å². The maximum absolute atomic E-state index is 10.5. The van der Waals surface area contributed by atoms with Crippen molar-refractivity contribution in [2.24, 2.45) is 0 Å². The zero-order valence-corrected chi connectivity index (χ0v) is 7.86. The standard InChI is InChI=1S/C10H6ClNO2/c11-10-6-8(12(13)14)5-7-3-1-2-4-9(7)10/h1-6H. The Balaban J connectivity index is 2.78. The van der Waals surface area contributed by atoms with E-state index in [-0.39, 0.29) is 5.69 Å². The number of fused-ring (bicyclic) bond motifs is 1. The lowest BCUT2D eigenvalue weighted by atomic mass is 10.1. The molecule has 70 valence electrons. The third kappa shape index (κ3) is 1.42. The Labute approximate surface area is 85.1 Å². The molecule has 0 spiro atoms.